The molecule has 1 amide bonds. The van der Waals surface area contributed by atoms with Crippen molar-refractivity contribution >= 4 is 23.3 Å². The van der Waals surface area contributed by atoms with Crippen LogP contribution in [-0.2, 0) is 4.74 Å². The average Bonchev–Trinajstić information content (AvgIpc) is 2.36. The fourth-order valence-corrected chi connectivity index (χ4v) is 1.40. The van der Waals surface area contributed by atoms with Crippen molar-refractivity contribution in [3.63, 3.8) is 0 Å². The first kappa shape index (κ1) is 14.7. The summed E-state index contributed by atoms with van der Waals surface area (Å²) in [6, 6.07) is 1.61. The molecule has 1 heterocycles. The number of pyridine rings is 1. The lowest BCUT2D eigenvalue weighted by Crippen LogP contribution is -2.39. The minimum absolute atomic E-state index is 0.246. The Morgan fingerprint density at radius 3 is 2.78 bits per heavy atom. The summed E-state index contributed by atoms with van der Waals surface area (Å²) in [5, 5.41) is 5.96. The Hall–Kier alpha value is -1.33. The Labute approximate surface area is 112 Å². The highest BCUT2D eigenvalue weighted by Gasteiger charge is 2.19. The molecule has 18 heavy (non-hydrogen) atoms. The lowest BCUT2D eigenvalue weighted by Gasteiger charge is -2.23. The van der Waals surface area contributed by atoms with Crippen LogP contribution in [0.2, 0.25) is 5.02 Å². The maximum absolute atomic E-state index is 12.0. The molecule has 0 bridgehead atoms. The number of anilines is 1. The van der Waals surface area contributed by atoms with Gasteiger partial charge in [0.05, 0.1) is 16.2 Å². The van der Waals surface area contributed by atoms with E-state index in [1.165, 1.54) is 6.20 Å². The highest BCUT2D eigenvalue weighted by atomic mass is 35.5. The molecule has 0 spiro atoms. The van der Waals surface area contributed by atoms with Crippen LogP contribution in [-0.4, -0.2) is 37.2 Å². The Bertz CT molecular complexity index is 435. The number of hydrogen-bond donors (Lipinski definition) is 2. The van der Waals surface area contributed by atoms with E-state index in [1.807, 2.05) is 13.8 Å². The van der Waals surface area contributed by atoms with E-state index in [2.05, 4.69) is 15.6 Å². The standard InChI is InChI=1S/C12H18ClN3O2/c1-12(2,18-4)7-16-11(17)8-5-10(14-3)15-6-9(8)13/h5-6H,7H2,1-4H3,(H,14,15)(H,16,17). The van der Waals surface area contributed by atoms with Crippen LogP contribution >= 0.6 is 11.6 Å². The van der Waals surface area contributed by atoms with Crippen molar-refractivity contribution in [3.05, 3.63) is 22.8 Å². The molecule has 0 aliphatic carbocycles. The van der Waals surface area contributed by atoms with Crippen molar-refractivity contribution in [2.24, 2.45) is 0 Å². The minimum Gasteiger partial charge on any atom is -0.377 e. The summed E-state index contributed by atoms with van der Waals surface area (Å²) < 4.78 is 5.23. The third-order valence-corrected chi connectivity index (χ3v) is 2.88. The SMILES string of the molecule is CNc1cc(C(=O)NCC(C)(C)OC)c(Cl)cn1. The van der Waals surface area contributed by atoms with Gasteiger partial charge in [0.2, 0.25) is 0 Å². The number of aromatic nitrogens is 1. The number of nitrogens with zero attached hydrogens (tertiary/aromatic N) is 1. The van der Waals surface area contributed by atoms with Crippen LogP contribution in [0.4, 0.5) is 5.82 Å². The number of carbonyl (C=O) groups excluding carboxylic acids is 1. The van der Waals surface area contributed by atoms with E-state index in [9.17, 15) is 4.79 Å². The second-order valence-corrected chi connectivity index (χ2v) is 4.85. The predicted octanol–water partition coefficient (Wildman–Crippen LogP) is 1.93. The number of ether oxygens (including phenoxy) is 1. The van der Waals surface area contributed by atoms with Crippen LogP contribution < -0.4 is 10.6 Å². The van der Waals surface area contributed by atoms with Gasteiger partial charge in [-0.2, -0.15) is 0 Å². The quantitative estimate of drug-likeness (QED) is 0.859. The molecule has 2 N–H and O–H groups in total. The summed E-state index contributed by atoms with van der Waals surface area (Å²) in [5.41, 5.74) is -0.0241. The van der Waals surface area contributed by atoms with Gasteiger partial charge in [-0.05, 0) is 19.9 Å². The van der Waals surface area contributed by atoms with Crippen LogP contribution in [0.5, 0.6) is 0 Å². The molecule has 0 aliphatic rings. The largest absolute Gasteiger partial charge is 0.377 e. The number of methoxy groups -OCH3 is 1. The van der Waals surface area contributed by atoms with Gasteiger partial charge in [-0.3, -0.25) is 4.79 Å². The monoisotopic (exact) mass is 271 g/mol. The molecule has 1 rings (SSSR count). The molecular weight excluding hydrogens is 254 g/mol. The number of nitrogens with one attached hydrogen (secondary N) is 2. The number of hydrogen-bond acceptors (Lipinski definition) is 4. The van der Waals surface area contributed by atoms with E-state index >= 15 is 0 Å². The summed E-state index contributed by atoms with van der Waals surface area (Å²) in [6.07, 6.45) is 1.45. The van der Waals surface area contributed by atoms with Crippen molar-refractivity contribution in [2.75, 3.05) is 26.0 Å². The Balaban J connectivity index is 2.78. The second kappa shape index (κ2) is 6.02. The van der Waals surface area contributed by atoms with Gasteiger partial charge in [0.25, 0.3) is 5.91 Å². The summed E-state index contributed by atoms with van der Waals surface area (Å²) in [5.74, 6) is 0.347. The Morgan fingerprint density at radius 1 is 1.56 bits per heavy atom. The molecule has 0 saturated heterocycles. The van der Waals surface area contributed by atoms with E-state index in [4.69, 9.17) is 16.3 Å². The first-order chi connectivity index (χ1) is 8.39. The smallest absolute Gasteiger partial charge is 0.253 e. The summed E-state index contributed by atoms with van der Waals surface area (Å²) in [6.45, 7) is 4.18. The summed E-state index contributed by atoms with van der Waals surface area (Å²) in [4.78, 5) is 16.0. The van der Waals surface area contributed by atoms with Crippen LogP contribution in [0.1, 0.15) is 24.2 Å². The van der Waals surface area contributed by atoms with Gasteiger partial charge in [-0.15, -0.1) is 0 Å². The molecule has 0 atom stereocenters. The zero-order chi connectivity index (χ0) is 13.8. The summed E-state index contributed by atoms with van der Waals surface area (Å²) in [7, 11) is 3.33. The third-order valence-electron chi connectivity index (χ3n) is 2.58. The highest BCUT2D eigenvalue weighted by Crippen LogP contribution is 2.18. The highest BCUT2D eigenvalue weighted by molar-refractivity contribution is 6.33. The van der Waals surface area contributed by atoms with E-state index in [0.717, 1.165) is 0 Å². The van der Waals surface area contributed by atoms with Gasteiger partial charge in [-0.1, -0.05) is 11.6 Å². The molecule has 0 unspecified atom stereocenters. The van der Waals surface area contributed by atoms with Crippen molar-refractivity contribution < 1.29 is 9.53 Å². The first-order valence-electron chi connectivity index (χ1n) is 5.56. The second-order valence-electron chi connectivity index (χ2n) is 4.45. The van der Waals surface area contributed by atoms with Crippen molar-refractivity contribution in [3.8, 4) is 0 Å². The van der Waals surface area contributed by atoms with Crippen LogP contribution in [0, 0.1) is 0 Å². The molecule has 5 nitrogen and oxygen atoms in total. The van der Waals surface area contributed by atoms with E-state index in [0.29, 0.717) is 22.9 Å². The topological polar surface area (TPSA) is 63.2 Å². The van der Waals surface area contributed by atoms with Crippen molar-refractivity contribution in [2.45, 2.75) is 19.4 Å². The van der Waals surface area contributed by atoms with Crippen molar-refractivity contribution in [1.82, 2.24) is 10.3 Å². The van der Waals surface area contributed by atoms with Gasteiger partial charge >= 0.3 is 0 Å². The molecule has 0 fully saturated rings. The molecule has 1 aromatic heterocycles. The average molecular weight is 272 g/mol. The normalized spacial score (nSPS) is 11.2. The van der Waals surface area contributed by atoms with Crippen LogP contribution in [0.15, 0.2) is 12.3 Å². The van der Waals surface area contributed by atoms with Gasteiger partial charge in [0.1, 0.15) is 5.82 Å². The lowest BCUT2D eigenvalue weighted by molar-refractivity contribution is 0.0229. The molecule has 6 heteroatoms. The van der Waals surface area contributed by atoms with Crippen LogP contribution in [0.25, 0.3) is 0 Å². The maximum atomic E-state index is 12.0. The van der Waals surface area contributed by atoms with Gasteiger partial charge in [-0.25, -0.2) is 4.98 Å². The molecule has 0 aliphatic heterocycles. The lowest BCUT2D eigenvalue weighted by atomic mass is 10.1. The summed E-state index contributed by atoms with van der Waals surface area (Å²) >= 11 is 5.95. The number of rotatable bonds is 5. The molecule has 100 valence electrons. The van der Waals surface area contributed by atoms with E-state index in [1.54, 1.807) is 20.2 Å². The molecule has 0 aromatic carbocycles. The zero-order valence-electron chi connectivity index (χ0n) is 11.0. The van der Waals surface area contributed by atoms with Crippen LogP contribution in [0.3, 0.4) is 0 Å². The predicted molar refractivity (Wildman–Crippen MR) is 72.2 cm³/mol. The number of amides is 1. The Morgan fingerprint density at radius 2 is 2.22 bits per heavy atom. The fraction of sp³-hybridized carbons (Fsp3) is 0.500. The van der Waals surface area contributed by atoms with E-state index in [-0.39, 0.29) is 5.91 Å². The van der Waals surface area contributed by atoms with Crippen molar-refractivity contribution in [1.29, 1.82) is 0 Å². The molecule has 1 aromatic rings. The zero-order valence-corrected chi connectivity index (χ0v) is 11.8. The Kier molecular flexibility index (Phi) is 4.93. The molecule has 0 radical (unpaired) electrons. The first-order valence-corrected chi connectivity index (χ1v) is 5.94. The number of carbonyl (C=O) groups is 1. The van der Waals surface area contributed by atoms with Gasteiger partial charge in [0, 0.05) is 26.9 Å². The molecule has 0 saturated carbocycles. The number of halogens is 1. The van der Waals surface area contributed by atoms with Gasteiger partial charge in [0.15, 0.2) is 0 Å². The third kappa shape index (κ3) is 3.85. The van der Waals surface area contributed by atoms with Gasteiger partial charge < -0.3 is 15.4 Å². The minimum atomic E-state index is -0.416. The molecular formula is C12H18ClN3O2. The van der Waals surface area contributed by atoms with E-state index < -0.39 is 5.60 Å². The maximum Gasteiger partial charge on any atom is 0.253 e. The fourth-order valence-electron chi connectivity index (χ4n) is 1.21.